The molecule has 2 heterocycles. The SMILES string of the molecule is CCCC1(N(C)C)CCN(c2ccc(N)nc2)C1=O. The van der Waals surface area contributed by atoms with Crippen LogP contribution in [0.15, 0.2) is 18.3 Å². The van der Waals surface area contributed by atoms with Crippen LogP contribution in [0, 0.1) is 0 Å². The molecule has 5 heteroatoms. The van der Waals surface area contributed by atoms with Crippen LogP contribution >= 0.6 is 0 Å². The second-order valence-corrected chi connectivity index (χ2v) is 5.32. The fraction of sp³-hybridized carbons (Fsp3) is 0.571. The molecular formula is C14H22N4O. The first-order valence-electron chi connectivity index (χ1n) is 6.72. The monoisotopic (exact) mass is 262 g/mol. The summed E-state index contributed by atoms with van der Waals surface area (Å²) in [5, 5.41) is 0. The van der Waals surface area contributed by atoms with Crippen molar-refractivity contribution < 1.29 is 4.79 Å². The molecule has 2 rings (SSSR count). The van der Waals surface area contributed by atoms with Gasteiger partial charge in [0, 0.05) is 6.54 Å². The summed E-state index contributed by atoms with van der Waals surface area (Å²) < 4.78 is 0. The molecule has 0 radical (unpaired) electrons. The molecule has 0 aliphatic carbocycles. The number of likely N-dealkylation sites (N-methyl/N-ethyl adjacent to an activating group) is 1. The lowest BCUT2D eigenvalue weighted by molar-refractivity contribution is -0.126. The molecule has 2 N–H and O–H groups in total. The molecule has 1 amide bonds. The van der Waals surface area contributed by atoms with Crippen molar-refractivity contribution in [2.24, 2.45) is 0 Å². The number of carbonyl (C=O) groups is 1. The van der Waals surface area contributed by atoms with Gasteiger partial charge in [-0.05, 0) is 39.1 Å². The number of nitrogens with zero attached hydrogens (tertiary/aromatic N) is 3. The molecule has 0 aromatic carbocycles. The Morgan fingerprint density at radius 3 is 2.74 bits per heavy atom. The maximum absolute atomic E-state index is 12.8. The second kappa shape index (κ2) is 5.17. The molecule has 1 unspecified atom stereocenters. The lowest BCUT2D eigenvalue weighted by atomic mass is 9.90. The van der Waals surface area contributed by atoms with Crippen LogP contribution in [-0.2, 0) is 4.79 Å². The van der Waals surface area contributed by atoms with Gasteiger partial charge < -0.3 is 10.6 Å². The molecule has 1 aromatic heterocycles. The van der Waals surface area contributed by atoms with Gasteiger partial charge in [-0.1, -0.05) is 13.3 Å². The molecule has 1 aromatic rings. The van der Waals surface area contributed by atoms with Crippen molar-refractivity contribution in [2.75, 3.05) is 31.3 Å². The van der Waals surface area contributed by atoms with Crippen molar-refractivity contribution in [1.29, 1.82) is 0 Å². The minimum Gasteiger partial charge on any atom is -0.384 e. The predicted molar refractivity (Wildman–Crippen MR) is 76.9 cm³/mol. The zero-order chi connectivity index (χ0) is 14.0. The highest BCUT2D eigenvalue weighted by molar-refractivity contribution is 6.02. The predicted octanol–water partition coefficient (Wildman–Crippen LogP) is 1.50. The van der Waals surface area contributed by atoms with Crippen LogP contribution in [0.5, 0.6) is 0 Å². The number of rotatable bonds is 4. The Balaban J connectivity index is 2.27. The second-order valence-electron chi connectivity index (χ2n) is 5.32. The largest absolute Gasteiger partial charge is 0.384 e. The number of anilines is 2. The van der Waals surface area contributed by atoms with Crippen LogP contribution in [0.2, 0.25) is 0 Å². The van der Waals surface area contributed by atoms with Crippen molar-refractivity contribution in [3.63, 3.8) is 0 Å². The Morgan fingerprint density at radius 2 is 2.21 bits per heavy atom. The minimum absolute atomic E-state index is 0.172. The van der Waals surface area contributed by atoms with Crippen molar-refractivity contribution >= 4 is 17.4 Å². The van der Waals surface area contributed by atoms with Crippen molar-refractivity contribution in [1.82, 2.24) is 9.88 Å². The molecule has 1 aliphatic rings. The standard InChI is InChI=1S/C14H22N4O/c1-4-7-14(17(2)3)8-9-18(13(14)19)11-5-6-12(15)16-10-11/h5-6,10H,4,7-9H2,1-3H3,(H2,15,16). The summed E-state index contributed by atoms with van der Waals surface area (Å²) in [6.45, 7) is 2.86. The van der Waals surface area contributed by atoms with Crippen molar-refractivity contribution in [3.8, 4) is 0 Å². The number of hydrogen-bond acceptors (Lipinski definition) is 4. The third-order valence-corrected chi connectivity index (χ3v) is 3.99. The molecule has 19 heavy (non-hydrogen) atoms. The molecule has 0 saturated carbocycles. The number of carbonyl (C=O) groups excluding carboxylic acids is 1. The van der Waals surface area contributed by atoms with Gasteiger partial charge in [0.1, 0.15) is 11.4 Å². The first-order chi connectivity index (χ1) is 9.01. The summed E-state index contributed by atoms with van der Waals surface area (Å²) in [7, 11) is 3.97. The number of amides is 1. The highest BCUT2D eigenvalue weighted by atomic mass is 16.2. The topological polar surface area (TPSA) is 62.5 Å². The molecule has 5 nitrogen and oxygen atoms in total. The molecule has 0 bridgehead atoms. The van der Waals surface area contributed by atoms with Crippen LogP contribution in [-0.4, -0.2) is 42.0 Å². The average molecular weight is 262 g/mol. The fourth-order valence-electron chi connectivity index (χ4n) is 2.84. The van der Waals surface area contributed by atoms with Gasteiger partial charge in [0.2, 0.25) is 5.91 Å². The van der Waals surface area contributed by atoms with Gasteiger partial charge in [-0.25, -0.2) is 4.98 Å². The lowest BCUT2D eigenvalue weighted by Gasteiger charge is -2.34. The average Bonchev–Trinajstić information content (AvgIpc) is 2.70. The summed E-state index contributed by atoms with van der Waals surface area (Å²) in [5.74, 6) is 0.647. The molecule has 1 aliphatic heterocycles. The van der Waals surface area contributed by atoms with Gasteiger partial charge in [-0.3, -0.25) is 9.69 Å². The molecule has 1 saturated heterocycles. The van der Waals surface area contributed by atoms with E-state index in [4.69, 9.17) is 5.73 Å². The van der Waals surface area contributed by atoms with E-state index in [9.17, 15) is 4.79 Å². The smallest absolute Gasteiger partial charge is 0.247 e. The Labute approximate surface area is 114 Å². The number of pyridine rings is 1. The van der Waals surface area contributed by atoms with Gasteiger partial charge in [-0.15, -0.1) is 0 Å². The molecular weight excluding hydrogens is 240 g/mol. The van der Waals surface area contributed by atoms with E-state index in [-0.39, 0.29) is 11.4 Å². The van der Waals surface area contributed by atoms with E-state index < -0.39 is 0 Å². The van der Waals surface area contributed by atoms with E-state index in [1.54, 1.807) is 12.3 Å². The number of nitrogen functional groups attached to an aromatic ring is 1. The van der Waals surface area contributed by atoms with Crippen molar-refractivity contribution in [2.45, 2.75) is 31.7 Å². The molecule has 1 fully saturated rings. The summed E-state index contributed by atoms with van der Waals surface area (Å²) >= 11 is 0. The normalized spacial score (nSPS) is 23.4. The summed E-state index contributed by atoms with van der Waals surface area (Å²) in [6.07, 6.45) is 4.41. The number of aromatic nitrogens is 1. The van der Waals surface area contributed by atoms with E-state index in [1.807, 2.05) is 25.1 Å². The van der Waals surface area contributed by atoms with E-state index in [0.717, 1.165) is 31.5 Å². The zero-order valence-corrected chi connectivity index (χ0v) is 11.9. The van der Waals surface area contributed by atoms with E-state index >= 15 is 0 Å². The van der Waals surface area contributed by atoms with Gasteiger partial charge in [0.15, 0.2) is 0 Å². The third kappa shape index (κ3) is 2.30. The quantitative estimate of drug-likeness (QED) is 0.893. The Bertz CT molecular complexity index is 457. The lowest BCUT2D eigenvalue weighted by Crippen LogP contribution is -2.51. The van der Waals surface area contributed by atoms with Crippen molar-refractivity contribution in [3.05, 3.63) is 18.3 Å². The van der Waals surface area contributed by atoms with Crippen LogP contribution in [0.1, 0.15) is 26.2 Å². The van der Waals surface area contributed by atoms with E-state index in [0.29, 0.717) is 5.82 Å². The zero-order valence-electron chi connectivity index (χ0n) is 11.9. The third-order valence-electron chi connectivity index (χ3n) is 3.99. The van der Waals surface area contributed by atoms with Gasteiger partial charge in [0.25, 0.3) is 0 Å². The summed E-state index contributed by atoms with van der Waals surface area (Å²) in [4.78, 5) is 20.7. The first-order valence-corrected chi connectivity index (χ1v) is 6.72. The Morgan fingerprint density at radius 1 is 1.47 bits per heavy atom. The summed E-state index contributed by atoms with van der Waals surface area (Å²) in [5.41, 5.74) is 6.05. The summed E-state index contributed by atoms with van der Waals surface area (Å²) in [6, 6.07) is 3.59. The van der Waals surface area contributed by atoms with Crippen LogP contribution in [0.25, 0.3) is 0 Å². The van der Waals surface area contributed by atoms with Gasteiger partial charge in [0.05, 0.1) is 11.9 Å². The van der Waals surface area contributed by atoms with Gasteiger partial charge in [-0.2, -0.15) is 0 Å². The number of hydrogen-bond donors (Lipinski definition) is 1. The molecule has 104 valence electrons. The first kappa shape index (κ1) is 13.8. The minimum atomic E-state index is -0.365. The van der Waals surface area contributed by atoms with E-state index in [1.165, 1.54) is 0 Å². The highest BCUT2D eigenvalue weighted by Crippen LogP contribution is 2.34. The van der Waals surface area contributed by atoms with Crippen LogP contribution in [0.3, 0.4) is 0 Å². The Hall–Kier alpha value is -1.62. The van der Waals surface area contributed by atoms with Gasteiger partial charge >= 0.3 is 0 Å². The maximum atomic E-state index is 12.8. The molecule has 1 atom stereocenters. The Kier molecular flexibility index (Phi) is 3.75. The number of nitrogens with two attached hydrogens (primary N) is 1. The highest BCUT2D eigenvalue weighted by Gasteiger charge is 2.48. The van der Waals surface area contributed by atoms with E-state index in [2.05, 4.69) is 16.8 Å². The van der Waals surface area contributed by atoms with Crippen LogP contribution < -0.4 is 10.6 Å². The fourth-order valence-corrected chi connectivity index (χ4v) is 2.84. The molecule has 0 spiro atoms. The maximum Gasteiger partial charge on any atom is 0.247 e. The van der Waals surface area contributed by atoms with Crippen LogP contribution in [0.4, 0.5) is 11.5 Å².